The van der Waals surface area contributed by atoms with Gasteiger partial charge in [-0.3, -0.25) is 9.59 Å². The maximum atomic E-state index is 11.8. The van der Waals surface area contributed by atoms with E-state index in [0.717, 1.165) is 0 Å². The predicted molar refractivity (Wildman–Crippen MR) is 83.1 cm³/mol. The molecule has 1 aliphatic rings. The third-order valence-corrected chi connectivity index (χ3v) is 5.31. The molecule has 1 aromatic rings. The van der Waals surface area contributed by atoms with E-state index in [0.29, 0.717) is 24.2 Å². The first kappa shape index (κ1) is 17.3. The Morgan fingerprint density at radius 2 is 2.04 bits per heavy atom. The van der Waals surface area contributed by atoms with Crippen LogP contribution in [0.2, 0.25) is 0 Å². The Labute approximate surface area is 134 Å². The lowest BCUT2D eigenvalue weighted by Crippen LogP contribution is -2.38. The number of amides is 1. The zero-order valence-electron chi connectivity index (χ0n) is 12.5. The maximum Gasteiger partial charge on any atom is 0.303 e. The highest BCUT2D eigenvalue weighted by molar-refractivity contribution is 7.91. The molecule has 1 aliphatic heterocycles. The second-order valence-corrected chi connectivity index (χ2v) is 7.69. The Bertz CT molecular complexity index is 685. The van der Waals surface area contributed by atoms with Gasteiger partial charge in [0.2, 0.25) is 0 Å². The molecule has 1 aromatic carbocycles. The number of benzene rings is 1. The number of sulfone groups is 1. The molecule has 0 bridgehead atoms. The van der Waals surface area contributed by atoms with Crippen LogP contribution in [0.1, 0.15) is 18.4 Å². The molecule has 1 fully saturated rings. The lowest BCUT2D eigenvalue weighted by molar-refractivity contribution is -0.137. The standard InChI is InChI=1S/C15H19NO6S/c17-14(16-12-7-8-23(20,21)10-12)9-22-13-4-2-1-3-11(13)5-6-15(18)19/h1-4,12H,5-10H2,(H,16,17)(H,18,19)/t12-/m1/s1. The van der Waals surface area contributed by atoms with Crippen molar-refractivity contribution in [2.75, 3.05) is 18.1 Å². The van der Waals surface area contributed by atoms with Crippen molar-refractivity contribution in [3.8, 4) is 5.75 Å². The molecule has 1 atom stereocenters. The van der Waals surface area contributed by atoms with Crippen LogP contribution in [-0.2, 0) is 25.8 Å². The number of carbonyl (C=O) groups excluding carboxylic acids is 1. The monoisotopic (exact) mass is 341 g/mol. The number of nitrogens with one attached hydrogen (secondary N) is 1. The first-order valence-corrected chi connectivity index (χ1v) is 9.10. The largest absolute Gasteiger partial charge is 0.483 e. The Kier molecular flexibility index (Phi) is 5.59. The predicted octanol–water partition coefficient (Wildman–Crippen LogP) is 0.386. The molecular weight excluding hydrogens is 322 g/mol. The Morgan fingerprint density at radius 3 is 2.70 bits per heavy atom. The smallest absolute Gasteiger partial charge is 0.303 e. The first-order chi connectivity index (χ1) is 10.9. The van der Waals surface area contributed by atoms with Gasteiger partial charge < -0.3 is 15.2 Å². The van der Waals surface area contributed by atoms with E-state index in [4.69, 9.17) is 9.84 Å². The molecule has 126 valence electrons. The fourth-order valence-corrected chi connectivity index (χ4v) is 4.09. The van der Waals surface area contributed by atoms with E-state index in [1.54, 1.807) is 24.3 Å². The Balaban J connectivity index is 1.85. The minimum atomic E-state index is -3.04. The van der Waals surface area contributed by atoms with Gasteiger partial charge in [-0.2, -0.15) is 0 Å². The fraction of sp³-hybridized carbons (Fsp3) is 0.467. The number of aliphatic carboxylic acids is 1. The van der Waals surface area contributed by atoms with Crippen molar-refractivity contribution in [3.05, 3.63) is 29.8 Å². The lowest BCUT2D eigenvalue weighted by Gasteiger charge is -2.13. The van der Waals surface area contributed by atoms with E-state index < -0.39 is 15.8 Å². The average Bonchev–Trinajstić information content (AvgIpc) is 2.82. The van der Waals surface area contributed by atoms with E-state index in [9.17, 15) is 18.0 Å². The second-order valence-electron chi connectivity index (χ2n) is 5.46. The number of para-hydroxylation sites is 1. The highest BCUT2D eigenvalue weighted by Gasteiger charge is 2.28. The fourth-order valence-electron chi connectivity index (χ4n) is 2.41. The van der Waals surface area contributed by atoms with Crippen LogP contribution in [0.5, 0.6) is 5.75 Å². The van der Waals surface area contributed by atoms with Crippen molar-refractivity contribution in [1.82, 2.24) is 5.32 Å². The molecule has 1 saturated heterocycles. The molecule has 8 heteroatoms. The van der Waals surface area contributed by atoms with Gasteiger partial charge in [-0.15, -0.1) is 0 Å². The van der Waals surface area contributed by atoms with Gasteiger partial charge in [0.15, 0.2) is 16.4 Å². The number of carbonyl (C=O) groups is 2. The van der Waals surface area contributed by atoms with Crippen molar-refractivity contribution in [2.45, 2.75) is 25.3 Å². The van der Waals surface area contributed by atoms with Gasteiger partial charge in [-0.1, -0.05) is 18.2 Å². The van der Waals surface area contributed by atoms with Crippen LogP contribution in [0.15, 0.2) is 24.3 Å². The summed E-state index contributed by atoms with van der Waals surface area (Å²) < 4.78 is 28.1. The normalized spacial score (nSPS) is 19.2. The van der Waals surface area contributed by atoms with E-state index in [-0.39, 0.29) is 36.5 Å². The molecule has 23 heavy (non-hydrogen) atoms. The van der Waals surface area contributed by atoms with Crippen LogP contribution < -0.4 is 10.1 Å². The SMILES string of the molecule is O=C(O)CCc1ccccc1OCC(=O)N[C@@H]1CCS(=O)(=O)C1. The summed E-state index contributed by atoms with van der Waals surface area (Å²) in [5.74, 6) is -0.770. The topological polar surface area (TPSA) is 110 Å². The van der Waals surface area contributed by atoms with Crippen molar-refractivity contribution < 1.29 is 27.9 Å². The molecule has 1 heterocycles. The van der Waals surface area contributed by atoms with Gasteiger partial charge in [0.1, 0.15) is 5.75 Å². The van der Waals surface area contributed by atoms with Crippen molar-refractivity contribution in [3.63, 3.8) is 0 Å². The Morgan fingerprint density at radius 1 is 1.30 bits per heavy atom. The summed E-state index contributed by atoms with van der Waals surface area (Å²) in [5.41, 5.74) is 0.714. The van der Waals surface area contributed by atoms with Gasteiger partial charge in [-0.25, -0.2) is 8.42 Å². The molecule has 0 aromatic heterocycles. The van der Waals surface area contributed by atoms with Gasteiger partial charge in [0, 0.05) is 12.5 Å². The number of ether oxygens (including phenoxy) is 1. The highest BCUT2D eigenvalue weighted by Crippen LogP contribution is 2.19. The maximum absolute atomic E-state index is 11.8. The summed E-state index contributed by atoms with van der Waals surface area (Å²) in [6.07, 6.45) is 0.712. The molecule has 0 saturated carbocycles. The van der Waals surface area contributed by atoms with Crippen LogP contribution in [0, 0.1) is 0 Å². The number of carboxylic acids is 1. The quantitative estimate of drug-likeness (QED) is 0.742. The summed E-state index contributed by atoms with van der Waals surface area (Å²) in [6.45, 7) is -0.235. The highest BCUT2D eigenvalue weighted by atomic mass is 32.2. The summed E-state index contributed by atoms with van der Waals surface area (Å²) >= 11 is 0. The van der Waals surface area contributed by atoms with Crippen LogP contribution in [0.4, 0.5) is 0 Å². The summed E-state index contributed by atoms with van der Waals surface area (Å²) in [7, 11) is -3.04. The van der Waals surface area contributed by atoms with Crippen LogP contribution in [-0.4, -0.2) is 49.6 Å². The number of rotatable bonds is 7. The second kappa shape index (κ2) is 7.45. The molecule has 0 aliphatic carbocycles. The average molecular weight is 341 g/mol. The van der Waals surface area contributed by atoms with E-state index in [1.165, 1.54) is 0 Å². The van der Waals surface area contributed by atoms with Crippen molar-refractivity contribution >= 4 is 21.7 Å². The summed E-state index contributed by atoms with van der Waals surface area (Å²) in [6, 6.07) is 6.57. The zero-order chi connectivity index (χ0) is 16.9. The summed E-state index contributed by atoms with van der Waals surface area (Å²) in [5, 5.41) is 11.4. The molecule has 7 nitrogen and oxygen atoms in total. The minimum Gasteiger partial charge on any atom is -0.483 e. The Hall–Kier alpha value is -2.09. The molecular formula is C15H19NO6S. The van der Waals surface area contributed by atoms with Crippen molar-refractivity contribution in [2.24, 2.45) is 0 Å². The molecule has 0 radical (unpaired) electrons. The van der Waals surface area contributed by atoms with Gasteiger partial charge >= 0.3 is 5.97 Å². The van der Waals surface area contributed by atoms with Gasteiger partial charge in [0.25, 0.3) is 5.91 Å². The summed E-state index contributed by atoms with van der Waals surface area (Å²) in [4.78, 5) is 22.5. The lowest BCUT2D eigenvalue weighted by atomic mass is 10.1. The molecule has 0 unspecified atom stereocenters. The number of carboxylic acid groups (broad SMARTS) is 1. The van der Waals surface area contributed by atoms with Crippen molar-refractivity contribution in [1.29, 1.82) is 0 Å². The number of aryl methyl sites for hydroxylation is 1. The molecule has 2 N–H and O–H groups in total. The minimum absolute atomic E-state index is 0.0213. The van der Waals surface area contributed by atoms with E-state index in [2.05, 4.69) is 5.32 Å². The van der Waals surface area contributed by atoms with Crippen LogP contribution >= 0.6 is 0 Å². The first-order valence-electron chi connectivity index (χ1n) is 7.28. The third-order valence-electron chi connectivity index (χ3n) is 3.54. The van der Waals surface area contributed by atoms with Crippen LogP contribution in [0.3, 0.4) is 0 Å². The molecule has 1 amide bonds. The molecule has 2 rings (SSSR count). The molecule has 0 spiro atoms. The third kappa shape index (κ3) is 5.55. The zero-order valence-corrected chi connectivity index (χ0v) is 13.3. The van der Waals surface area contributed by atoms with Gasteiger partial charge in [0.05, 0.1) is 11.5 Å². The number of hydrogen-bond donors (Lipinski definition) is 2. The number of hydrogen-bond acceptors (Lipinski definition) is 5. The van der Waals surface area contributed by atoms with E-state index >= 15 is 0 Å². The van der Waals surface area contributed by atoms with E-state index in [1.807, 2.05) is 0 Å². The van der Waals surface area contributed by atoms with Crippen LogP contribution in [0.25, 0.3) is 0 Å². The van der Waals surface area contributed by atoms with Gasteiger partial charge in [-0.05, 0) is 24.5 Å².